The van der Waals surface area contributed by atoms with Gasteiger partial charge in [0.25, 0.3) is 0 Å². The molecule has 0 aromatic carbocycles. The van der Waals surface area contributed by atoms with E-state index in [1.807, 2.05) is 0 Å². The molecule has 1 unspecified atom stereocenters. The Morgan fingerprint density at radius 2 is 1.17 bits per heavy atom. The Morgan fingerprint density at radius 3 is 1.58 bits per heavy atom. The van der Waals surface area contributed by atoms with Crippen LogP contribution < -0.4 is 0 Å². The highest BCUT2D eigenvalue weighted by Gasteiger charge is 2.01. The Kier molecular flexibility index (Phi) is 18.3. The van der Waals surface area contributed by atoms with Crippen molar-refractivity contribution in [3.05, 3.63) is 0 Å². The lowest BCUT2D eigenvalue weighted by Crippen LogP contribution is -2.04. The van der Waals surface area contributed by atoms with Gasteiger partial charge in [0, 0.05) is 6.42 Å². The molecule has 0 saturated carbocycles. The van der Waals surface area contributed by atoms with Crippen LogP contribution in [0.15, 0.2) is 0 Å². The lowest BCUT2D eigenvalue weighted by atomic mass is 10.0. The highest BCUT2D eigenvalue weighted by molar-refractivity contribution is 5.68. The molecule has 0 aliphatic heterocycles. The average Bonchev–Trinajstić information content (AvgIpc) is 2.58. The molecule has 0 radical (unpaired) electrons. The van der Waals surface area contributed by atoms with Gasteiger partial charge in [0.2, 0.25) is 0 Å². The molecule has 0 amide bonds. The van der Waals surface area contributed by atoms with Crippen LogP contribution in [-0.4, -0.2) is 24.3 Å². The molecule has 0 aromatic heterocycles. The zero-order valence-electron chi connectivity index (χ0n) is 16.4. The van der Waals surface area contributed by atoms with Gasteiger partial charge in [-0.1, -0.05) is 90.4 Å². The third-order valence-electron chi connectivity index (χ3n) is 4.77. The normalized spacial score (nSPS) is 12.3. The molecule has 0 aliphatic carbocycles. The lowest BCUT2D eigenvalue weighted by molar-refractivity contribution is -0.140. The van der Waals surface area contributed by atoms with E-state index in [-0.39, 0.29) is 12.1 Å². The zero-order chi connectivity index (χ0) is 17.9. The Labute approximate surface area is 150 Å². The van der Waals surface area contributed by atoms with E-state index in [2.05, 4.69) is 11.7 Å². The van der Waals surface area contributed by atoms with E-state index < -0.39 is 0 Å². The fourth-order valence-electron chi connectivity index (χ4n) is 3.17. The number of methoxy groups -OCH3 is 1. The minimum atomic E-state index is -0.0767. The van der Waals surface area contributed by atoms with E-state index in [0.29, 0.717) is 6.42 Å². The third kappa shape index (κ3) is 17.8. The summed E-state index contributed by atoms with van der Waals surface area (Å²) in [5.74, 6) is -0.0767. The second-order valence-corrected chi connectivity index (χ2v) is 7.15. The Balaban J connectivity index is 3.06. The number of carbonyl (C=O) groups is 1. The monoisotopic (exact) mass is 342 g/mol. The summed E-state index contributed by atoms with van der Waals surface area (Å²) in [7, 11) is 1.46. The van der Waals surface area contributed by atoms with Crippen molar-refractivity contribution in [3.8, 4) is 0 Å². The Hall–Kier alpha value is -0.570. The number of hydrogen-bond donors (Lipinski definition) is 1. The summed E-state index contributed by atoms with van der Waals surface area (Å²) in [5, 5.41) is 9.66. The number of rotatable bonds is 18. The molecule has 0 bridgehead atoms. The molecular formula is C21H42O3. The maximum atomic E-state index is 11.0. The molecule has 0 fully saturated rings. The highest BCUT2D eigenvalue weighted by atomic mass is 16.5. The van der Waals surface area contributed by atoms with Crippen LogP contribution >= 0.6 is 0 Å². The second kappa shape index (κ2) is 18.8. The van der Waals surface area contributed by atoms with Gasteiger partial charge in [-0.05, 0) is 19.3 Å². The van der Waals surface area contributed by atoms with Crippen LogP contribution in [-0.2, 0) is 9.53 Å². The van der Waals surface area contributed by atoms with Crippen LogP contribution in [0, 0.1) is 0 Å². The maximum Gasteiger partial charge on any atom is 0.305 e. The van der Waals surface area contributed by atoms with Crippen LogP contribution in [0.3, 0.4) is 0 Å². The predicted octanol–water partition coefficient (Wildman–Crippen LogP) is 6.17. The molecule has 0 heterocycles. The molecule has 0 rings (SSSR count). The molecule has 1 atom stereocenters. The number of esters is 1. The van der Waals surface area contributed by atoms with Gasteiger partial charge in [-0.3, -0.25) is 4.79 Å². The summed E-state index contributed by atoms with van der Waals surface area (Å²) < 4.78 is 4.63. The van der Waals surface area contributed by atoms with Crippen LogP contribution in [0.5, 0.6) is 0 Å². The third-order valence-corrected chi connectivity index (χ3v) is 4.77. The summed E-state index contributed by atoms with van der Waals surface area (Å²) in [6.07, 6.45) is 20.2. The van der Waals surface area contributed by atoms with Gasteiger partial charge in [0.15, 0.2) is 0 Å². The fraction of sp³-hybridized carbons (Fsp3) is 0.952. The van der Waals surface area contributed by atoms with E-state index in [0.717, 1.165) is 32.1 Å². The molecule has 0 aromatic rings. The van der Waals surface area contributed by atoms with E-state index in [4.69, 9.17) is 0 Å². The van der Waals surface area contributed by atoms with Crippen molar-refractivity contribution >= 4 is 5.97 Å². The van der Waals surface area contributed by atoms with Crippen molar-refractivity contribution < 1.29 is 14.6 Å². The van der Waals surface area contributed by atoms with E-state index in [1.54, 1.807) is 0 Å². The summed E-state index contributed by atoms with van der Waals surface area (Å²) >= 11 is 0. The maximum absolute atomic E-state index is 11.0. The first kappa shape index (κ1) is 23.4. The van der Waals surface area contributed by atoms with E-state index in [9.17, 15) is 9.90 Å². The minimum Gasteiger partial charge on any atom is -0.469 e. The van der Waals surface area contributed by atoms with Gasteiger partial charge in [-0.15, -0.1) is 0 Å². The van der Waals surface area contributed by atoms with Crippen molar-refractivity contribution in [1.29, 1.82) is 0 Å². The van der Waals surface area contributed by atoms with Crippen molar-refractivity contribution in [1.82, 2.24) is 0 Å². The first-order valence-corrected chi connectivity index (χ1v) is 10.5. The molecular weight excluding hydrogens is 300 g/mol. The van der Waals surface area contributed by atoms with Gasteiger partial charge >= 0.3 is 5.97 Å². The van der Waals surface area contributed by atoms with Crippen molar-refractivity contribution in [2.75, 3.05) is 7.11 Å². The SMILES string of the molecule is CCCC(O)CCCCCCCCCCCCCCCC(=O)OC. The molecule has 3 heteroatoms. The largest absolute Gasteiger partial charge is 0.469 e. The van der Waals surface area contributed by atoms with Gasteiger partial charge in [-0.2, -0.15) is 0 Å². The Bertz CT molecular complexity index is 266. The number of aliphatic hydroxyl groups is 1. The number of ether oxygens (including phenoxy) is 1. The first-order chi connectivity index (χ1) is 11.7. The van der Waals surface area contributed by atoms with Crippen molar-refractivity contribution in [2.24, 2.45) is 0 Å². The van der Waals surface area contributed by atoms with E-state index in [1.165, 1.54) is 77.7 Å². The first-order valence-electron chi connectivity index (χ1n) is 10.5. The van der Waals surface area contributed by atoms with E-state index >= 15 is 0 Å². The second-order valence-electron chi connectivity index (χ2n) is 7.15. The van der Waals surface area contributed by atoms with Gasteiger partial charge in [0.05, 0.1) is 13.2 Å². The standard InChI is InChI=1S/C21H42O3/c1-3-17-20(22)18-15-13-11-9-7-5-4-6-8-10-12-14-16-19-21(23)24-2/h20,22H,3-19H2,1-2H3. The highest BCUT2D eigenvalue weighted by Crippen LogP contribution is 2.14. The summed E-state index contributed by atoms with van der Waals surface area (Å²) in [6, 6.07) is 0. The summed E-state index contributed by atoms with van der Waals surface area (Å²) in [4.78, 5) is 11.0. The average molecular weight is 343 g/mol. The zero-order valence-corrected chi connectivity index (χ0v) is 16.4. The topological polar surface area (TPSA) is 46.5 Å². The van der Waals surface area contributed by atoms with Crippen molar-refractivity contribution in [2.45, 2.75) is 122 Å². The molecule has 3 nitrogen and oxygen atoms in total. The van der Waals surface area contributed by atoms with Crippen LogP contribution in [0.2, 0.25) is 0 Å². The quantitative estimate of drug-likeness (QED) is 0.239. The van der Waals surface area contributed by atoms with Gasteiger partial charge < -0.3 is 9.84 Å². The fourth-order valence-corrected chi connectivity index (χ4v) is 3.17. The number of unbranched alkanes of at least 4 members (excludes halogenated alkanes) is 12. The number of hydrogen-bond acceptors (Lipinski definition) is 3. The van der Waals surface area contributed by atoms with Gasteiger partial charge in [0.1, 0.15) is 0 Å². The minimum absolute atomic E-state index is 0.0598. The van der Waals surface area contributed by atoms with Crippen molar-refractivity contribution in [3.63, 3.8) is 0 Å². The number of aliphatic hydroxyl groups excluding tert-OH is 1. The molecule has 24 heavy (non-hydrogen) atoms. The molecule has 0 spiro atoms. The summed E-state index contributed by atoms with van der Waals surface area (Å²) in [6.45, 7) is 2.13. The van der Waals surface area contributed by atoms with Gasteiger partial charge in [-0.25, -0.2) is 0 Å². The molecule has 144 valence electrons. The lowest BCUT2D eigenvalue weighted by Gasteiger charge is -2.08. The van der Waals surface area contributed by atoms with Crippen LogP contribution in [0.25, 0.3) is 0 Å². The summed E-state index contributed by atoms with van der Waals surface area (Å²) in [5.41, 5.74) is 0. The smallest absolute Gasteiger partial charge is 0.305 e. The van der Waals surface area contributed by atoms with Crippen LogP contribution in [0.1, 0.15) is 116 Å². The van der Waals surface area contributed by atoms with Crippen LogP contribution in [0.4, 0.5) is 0 Å². The number of carbonyl (C=O) groups excluding carboxylic acids is 1. The molecule has 1 N–H and O–H groups in total. The molecule has 0 aliphatic rings. The Morgan fingerprint density at radius 1 is 0.750 bits per heavy atom. The predicted molar refractivity (Wildman–Crippen MR) is 102 cm³/mol. The molecule has 0 saturated heterocycles.